The van der Waals surface area contributed by atoms with Crippen LogP contribution in [-0.4, -0.2) is 28.4 Å². The molecule has 0 saturated carbocycles. The van der Waals surface area contributed by atoms with Crippen LogP contribution in [0.3, 0.4) is 0 Å². The molecule has 0 unspecified atom stereocenters. The Hall–Kier alpha value is -2.19. The van der Waals surface area contributed by atoms with Gasteiger partial charge < -0.3 is 9.97 Å². The van der Waals surface area contributed by atoms with Crippen molar-refractivity contribution in [2.45, 2.75) is 24.9 Å². The van der Waals surface area contributed by atoms with E-state index in [2.05, 4.69) is 24.7 Å². The summed E-state index contributed by atoms with van der Waals surface area (Å²) in [6.07, 6.45) is 1.97. The maximum atomic E-state index is 12.1. The Kier molecular flexibility index (Phi) is 3.48. The zero-order chi connectivity index (χ0) is 14.9. The van der Waals surface area contributed by atoms with Gasteiger partial charge in [0, 0.05) is 6.42 Å². The summed E-state index contributed by atoms with van der Waals surface area (Å²) in [5.74, 6) is 1.20. The summed E-state index contributed by atoms with van der Waals surface area (Å²) >= 11 is 0. The SMILES string of the molecule is CCc1ncc(S(=O)(=O)NCc2nc3ccccc3[nH]2)[nH]1. The second-order valence-electron chi connectivity index (χ2n) is 4.57. The number of H-pyrrole nitrogens is 2. The first-order valence-electron chi connectivity index (χ1n) is 6.55. The first kappa shape index (κ1) is 13.8. The molecule has 3 N–H and O–H groups in total. The Morgan fingerprint density at radius 1 is 1.19 bits per heavy atom. The molecular formula is C13H15N5O2S. The fourth-order valence-electron chi connectivity index (χ4n) is 1.99. The van der Waals surface area contributed by atoms with Crippen LogP contribution in [-0.2, 0) is 23.0 Å². The number of aromatic nitrogens is 4. The van der Waals surface area contributed by atoms with Gasteiger partial charge in [-0.3, -0.25) is 0 Å². The summed E-state index contributed by atoms with van der Waals surface area (Å²) < 4.78 is 26.7. The van der Waals surface area contributed by atoms with Gasteiger partial charge in [-0.05, 0) is 12.1 Å². The van der Waals surface area contributed by atoms with Crippen LogP contribution in [0.4, 0.5) is 0 Å². The van der Waals surface area contributed by atoms with Crippen molar-refractivity contribution in [3.8, 4) is 0 Å². The number of nitrogens with one attached hydrogen (secondary N) is 3. The minimum absolute atomic E-state index is 0.0652. The van der Waals surface area contributed by atoms with E-state index in [1.165, 1.54) is 6.20 Å². The second kappa shape index (κ2) is 5.30. The molecule has 8 heteroatoms. The minimum atomic E-state index is -3.61. The summed E-state index contributed by atoms with van der Waals surface area (Å²) in [6.45, 7) is 1.99. The number of aryl methyl sites for hydroxylation is 1. The van der Waals surface area contributed by atoms with E-state index in [1.54, 1.807) is 0 Å². The van der Waals surface area contributed by atoms with E-state index >= 15 is 0 Å². The molecule has 2 aromatic heterocycles. The Balaban J connectivity index is 1.76. The van der Waals surface area contributed by atoms with Gasteiger partial charge in [-0.2, -0.15) is 0 Å². The Morgan fingerprint density at radius 3 is 2.71 bits per heavy atom. The van der Waals surface area contributed by atoms with Crippen molar-refractivity contribution in [2.24, 2.45) is 0 Å². The van der Waals surface area contributed by atoms with Crippen LogP contribution in [0.15, 0.2) is 35.5 Å². The molecule has 3 aromatic rings. The number of benzene rings is 1. The quantitative estimate of drug-likeness (QED) is 0.661. The van der Waals surface area contributed by atoms with E-state index in [-0.39, 0.29) is 11.6 Å². The van der Waals surface area contributed by atoms with Crippen molar-refractivity contribution in [3.63, 3.8) is 0 Å². The number of hydrogen-bond donors (Lipinski definition) is 3. The first-order valence-corrected chi connectivity index (χ1v) is 8.04. The summed E-state index contributed by atoms with van der Waals surface area (Å²) in [6, 6.07) is 7.54. The summed E-state index contributed by atoms with van der Waals surface area (Å²) in [4.78, 5) is 14.2. The first-order chi connectivity index (χ1) is 10.1. The topological polar surface area (TPSA) is 104 Å². The fraction of sp³-hybridized carbons (Fsp3) is 0.231. The van der Waals surface area contributed by atoms with E-state index in [0.717, 1.165) is 11.0 Å². The van der Waals surface area contributed by atoms with E-state index in [1.807, 2.05) is 31.2 Å². The van der Waals surface area contributed by atoms with Gasteiger partial charge in [0.15, 0.2) is 5.03 Å². The van der Waals surface area contributed by atoms with Crippen LogP contribution in [0.1, 0.15) is 18.6 Å². The number of nitrogens with zero attached hydrogens (tertiary/aromatic N) is 2. The van der Waals surface area contributed by atoms with Crippen LogP contribution in [0, 0.1) is 0 Å². The molecule has 1 aromatic carbocycles. The van der Waals surface area contributed by atoms with Crippen LogP contribution >= 0.6 is 0 Å². The second-order valence-corrected chi connectivity index (χ2v) is 6.31. The summed E-state index contributed by atoms with van der Waals surface area (Å²) in [7, 11) is -3.61. The van der Waals surface area contributed by atoms with Crippen LogP contribution in [0.2, 0.25) is 0 Å². The predicted octanol–water partition coefficient (Wildman–Crippen LogP) is 1.33. The average molecular weight is 305 g/mol. The van der Waals surface area contributed by atoms with Gasteiger partial charge in [-0.15, -0.1) is 0 Å². The fourth-order valence-corrected chi connectivity index (χ4v) is 2.92. The molecule has 21 heavy (non-hydrogen) atoms. The van der Waals surface area contributed by atoms with E-state index in [0.29, 0.717) is 18.1 Å². The lowest BCUT2D eigenvalue weighted by Crippen LogP contribution is -2.24. The van der Waals surface area contributed by atoms with E-state index < -0.39 is 10.0 Å². The highest BCUT2D eigenvalue weighted by Crippen LogP contribution is 2.11. The highest BCUT2D eigenvalue weighted by atomic mass is 32.2. The lowest BCUT2D eigenvalue weighted by atomic mass is 10.3. The predicted molar refractivity (Wildman–Crippen MR) is 78.1 cm³/mol. The normalized spacial score (nSPS) is 12.0. The Labute approximate surface area is 121 Å². The molecule has 2 heterocycles. The molecule has 0 atom stereocenters. The maximum Gasteiger partial charge on any atom is 0.258 e. The monoisotopic (exact) mass is 305 g/mol. The van der Waals surface area contributed by atoms with Crippen molar-refractivity contribution in [1.82, 2.24) is 24.7 Å². The summed E-state index contributed by atoms with van der Waals surface area (Å²) in [5, 5.41) is 0.0652. The van der Waals surface area contributed by atoms with E-state index in [4.69, 9.17) is 0 Å². The van der Waals surface area contributed by atoms with Gasteiger partial charge in [0.1, 0.15) is 11.6 Å². The zero-order valence-electron chi connectivity index (χ0n) is 11.4. The highest BCUT2D eigenvalue weighted by molar-refractivity contribution is 7.89. The standard InChI is InChI=1S/C13H15N5O2S/c1-2-11-14-8-13(18-11)21(19,20)15-7-12-16-9-5-3-4-6-10(9)17-12/h3-6,8,15H,2,7H2,1H3,(H,14,18)(H,16,17). The van der Waals surface area contributed by atoms with Gasteiger partial charge in [-0.25, -0.2) is 23.1 Å². The molecule has 7 nitrogen and oxygen atoms in total. The Bertz CT molecular complexity index is 832. The molecule has 3 rings (SSSR count). The van der Waals surface area contributed by atoms with Gasteiger partial charge in [0.2, 0.25) is 0 Å². The number of sulfonamides is 1. The van der Waals surface area contributed by atoms with Crippen LogP contribution in [0.5, 0.6) is 0 Å². The average Bonchev–Trinajstić information content (AvgIpc) is 3.11. The lowest BCUT2D eigenvalue weighted by Gasteiger charge is -2.02. The van der Waals surface area contributed by atoms with Crippen LogP contribution < -0.4 is 4.72 Å². The van der Waals surface area contributed by atoms with Gasteiger partial charge in [0.25, 0.3) is 10.0 Å². The Morgan fingerprint density at radius 2 is 2.00 bits per heavy atom. The molecule has 110 valence electrons. The number of aromatic amines is 2. The third kappa shape index (κ3) is 2.81. The maximum absolute atomic E-state index is 12.1. The molecule has 0 aliphatic carbocycles. The van der Waals surface area contributed by atoms with Crippen molar-refractivity contribution < 1.29 is 8.42 Å². The van der Waals surface area contributed by atoms with Crippen molar-refractivity contribution >= 4 is 21.1 Å². The molecule has 0 fully saturated rings. The number of para-hydroxylation sites is 2. The molecule has 0 amide bonds. The highest BCUT2D eigenvalue weighted by Gasteiger charge is 2.17. The number of fused-ring (bicyclic) bond motifs is 1. The van der Waals surface area contributed by atoms with Gasteiger partial charge in [-0.1, -0.05) is 19.1 Å². The van der Waals surface area contributed by atoms with Crippen molar-refractivity contribution in [3.05, 3.63) is 42.1 Å². The molecule has 0 saturated heterocycles. The lowest BCUT2D eigenvalue weighted by molar-refractivity contribution is 0.576. The third-order valence-electron chi connectivity index (χ3n) is 3.10. The molecule has 0 bridgehead atoms. The third-order valence-corrected chi connectivity index (χ3v) is 4.41. The van der Waals surface area contributed by atoms with Gasteiger partial charge >= 0.3 is 0 Å². The smallest absolute Gasteiger partial charge is 0.258 e. The zero-order valence-corrected chi connectivity index (χ0v) is 12.2. The number of rotatable bonds is 5. The van der Waals surface area contributed by atoms with Crippen LogP contribution in [0.25, 0.3) is 11.0 Å². The van der Waals surface area contributed by atoms with Crippen molar-refractivity contribution in [1.29, 1.82) is 0 Å². The van der Waals surface area contributed by atoms with Gasteiger partial charge in [0.05, 0.1) is 23.8 Å². The summed E-state index contributed by atoms with van der Waals surface area (Å²) in [5.41, 5.74) is 1.68. The van der Waals surface area contributed by atoms with E-state index in [9.17, 15) is 8.42 Å². The minimum Gasteiger partial charge on any atom is -0.341 e. The molecular weight excluding hydrogens is 290 g/mol. The number of imidazole rings is 2. The molecule has 0 spiro atoms. The molecule has 0 radical (unpaired) electrons. The molecule has 0 aliphatic rings. The molecule has 0 aliphatic heterocycles. The number of hydrogen-bond acceptors (Lipinski definition) is 4. The van der Waals surface area contributed by atoms with Crippen molar-refractivity contribution in [2.75, 3.05) is 0 Å². The largest absolute Gasteiger partial charge is 0.341 e.